The number of anilines is 1. The van der Waals surface area contributed by atoms with Gasteiger partial charge in [0.25, 0.3) is 15.9 Å². The van der Waals surface area contributed by atoms with Crippen LogP contribution < -0.4 is 5.73 Å². The second-order valence-electron chi connectivity index (χ2n) is 4.52. The summed E-state index contributed by atoms with van der Waals surface area (Å²) in [4.78, 5) is 16.1. The number of hydrogen-bond donors (Lipinski definition) is 1. The number of pyridine rings is 1. The van der Waals surface area contributed by atoms with E-state index >= 15 is 0 Å². The highest BCUT2D eigenvalue weighted by atomic mass is 79.9. The van der Waals surface area contributed by atoms with E-state index in [-0.39, 0.29) is 17.1 Å². The highest BCUT2D eigenvalue weighted by Gasteiger charge is 2.42. The van der Waals surface area contributed by atoms with E-state index in [9.17, 15) is 13.2 Å². The first-order valence-electron chi connectivity index (χ1n) is 5.97. The molecule has 3 rings (SSSR count). The van der Waals surface area contributed by atoms with Crippen LogP contribution in [0.2, 0.25) is 0 Å². The van der Waals surface area contributed by atoms with E-state index in [1.54, 1.807) is 18.2 Å². The Hall–Kier alpha value is -1.93. The van der Waals surface area contributed by atoms with Crippen LogP contribution in [0.25, 0.3) is 0 Å². The summed E-state index contributed by atoms with van der Waals surface area (Å²) in [7, 11) is -3.90. The van der Waals surface area contributed by atoms with Crippen molar-refractivity contribution in [1.82, 2.24) is 9.29 Å². The van der Waals surface area contributed by atoms with Gasteiger partial charge in [-0.05, 0) is 29.8 Å². The number of aromatic nitrogens is 1. The smallest absolute Gasteiger partial charge is 0.285 e. The molecule has 0 unspecified atom stereocenters. The van der Waals surface area contributed by atoms with Crippen molar-refractivity contribution in [3.05, 3.63) is 52.1 Å². The molecule has 1 aromatic carbocycles. The molecule has 2 heterocycles. The van der Waals surface area contributed by atoms with E-state index in [4.69, 9.17) is 5.73 Å². The molecule has 1 amide bonds. The molecule has 2 aromatic rings. The van der Waals surface area contributed by atoms with Crippen molar-refractivity contribution in [2.75, 3.05) is 5.73 Å². The molecule has 0 aliphatic carbocycles. The van der Waals surface area contributed by atoms with E-state index in [1.165, 1.54) is 18.3 Å². The van der Waals surface area contributed by atoms with Gasteiger partial charge < -0.3 is 5.73 Å². The van der Waals surface area contributed by atoms with Gasteiger partial charge in [0.05, 0.1) is 12.1 Å². The van der Waals surface area contributed by atoms with Crippen LogP contribution in [-0.2, 0) is 16.6 Å². The van der Waals surface area contributed by atoms with Crippen molar-refractivity contribution in [1.29, 1.82) is 0 Å². The molecule has 1 aliphatic heterocycles. The lowest BCUT2D eigenvalue weighted by Gasteiger charge is -2.15. The van der Waals surface area contributed by atoms with Gasteiger partial charge in [0.15, 0.2) is 5.03 Å². The molecule has 0 fully saturated rings. The number of carbonyl (C=O) groups is 1. The zero-order chi connectivity index (χ0) is 15.2. The Balaban J connectivity index is 2.03. The van der Waals surface area contributed by atoms with Crippen LogP contribution in [-0.4, -0.2) is 23.6 Å². The van der Waals surface area contributed by atoms with Crippen LogP contribution in [0.3, 0.4) is 0 Å². The number of carbonyl (C=O) groups excluding carboxylic acids is 1. The first kappa shape index (κ1) is 14.0. The van der Waals surface area contributed by atoms with Crippen molar-refractivity contribution in [2.45, 2.75) is 11.6 Å². The molecule has 8 heteroatoms. The van der Waals surface area contributed by atoms with Gasteiger partial charge in [0.2, 0.25) is 0 Å². The monoisotopic (exact) mass is 367 g/mol. The fourth-order valence-electron chi connectivity index (χ4n) is 2.11. The molecule has 0 atom stereocenters. The summed E-state index contributed by atoms with van der Waals surface area (Å²) in [5, 5.41) is -0.193. The van der Waals surface area contributed by atoms with Crippen molar-refractivity contribution in [2.24, 2.45) is 0 Å². The Kier molecular flexibility index (Phi) is 3.22. The molecule has 0 radical (unpaired) electrons. The van der Waals surface area contributed by atoms with Gasteiger partial charge in [-0.3, -0.25) is 4.79 Å². The fraction of sp³-hybridized carbons (Fsp3) is 0.0769. The minimum absolute atomic E-state index is 0.0710. The summed E-state index contributed by atoms with van der Waals surface area (Å²) in [5.41, 5.74) is 6.94. The summed E-state index contributed by atoms with van der Waals surface area (Å²) in [6, 6.07) is 7.99. The Bertz CT molecular complexity index is 851. The molecule has 21 heavy (non-hydrogen) atoms. The molecule has 1 aromatic heterocycles. The topological polar surface area (TPSA) is 93.4 Å². The fourth-order valence-corrected chi connectivity index (χ4v) is 4.09. The SMILES string of the molecule is Nc1ccc(CN2C(=O)c3cccnc3S2(=O)=O)c(Br)c1. The number of nitrogens with two attached hydrogens (primary N) is 1. The van der Waals surface area contributed by atoms with E-state index in [0.717, 1.165) is 4.31 Å². The second kappa shape index (κ2) is 4.81. The molecule has 0 saturated carbocycles. The largest absolute Gasteiger partial charge is 0.399 e. The summed E-state index contributed by atoms with van der Waals surface area (Å²) in [6.07, 6.45) is 1.35. The number of hydrogen-bond acceptors (Lipinski definition) is 5. The van der Waals surface area contributed by atoms with Gasteiger partial charge in [-0.2, -0.15) is 8.42 Å². The van der Waals surface area contributed by atoms with Crippen LogP contribution in [0.1, 0.15) is 15.9 Å². The number of benzene rings is 1. The number of halogens is 1. The molecule has 6 nitrogen and oxygen atoms in total. The van der Waals surface area contributed by atoms with E-state index in [1.807, 2.05) is 0 Å². The van der Waals surface area contributed by atoms with E-state index in [0.29, 0.717) is 15.7 Å². The third kappa shape index (κ3) is 2.20. The molecule has 1 aliphatic rings. The zero-order valence-electron chi connectivity index (χ0n) is 10.7. The van der Waals surface area contributed by atoms with Crippen molar-refractivity contribution in [3.8, 4) is 0 Å². The number of nitrogens with zero attached hydrogens (tertiary/aromatic N) is 2. The molecular weight excluding hydrogens is 358 g/mol. The third-order valence-corrected chi connectivity index (χ3v) is 5.58. The second-order valence-corrected chi connectivity index (χ2v) is 7.16. The molecule has 108 valence electrons. The van der Waals surface area contributed by atoms with E-state index in [2.05, 4.69) is 20.9 Å². The molecule has 2 N–H and O–H groups in total. The number of amides is 1. The average Bonchev–Trinajstić information content (AvgIpc) is 2.63. The van der Waals surface area contributed by atoms with Crippen LogP contribution in [0.15, 0.2) is 46.0 Å². The molecule has 0 spiro atoms. The Morgan fingerprint density at radius 1 is 1.29 bits per heavy atom. The number of sulfonamides is 1. The number of rotatable bonds is 2. The van der Waals surface area contributed by atoms with Gasteiger partial charge in [0, 0.05) is 16.4 Å². The molecule has 0 saturated heterocycles. The maximum atomic E-state index is 12.4. The summed E-state index contributed by atoms with van der Waals surface area (Å²) in [6.45, 7) is -0.0710. The first-order chi connectivity index (χ1) is 9.91. The van der Waals surface area contributed by atoms with Gasteiger partial charge in [-0.15, -0.1) is 0 Å². The Morgan fingerprint density at radius 2 is 2.05 bits per heavy atom. The molecule has 0 bridgehead atoms. The first-order valence-corrected chi connectivity index (χ1v) is 8.20. The predicted octanol–water partition coefficient (Wildman–Crippen LogP) is 1.77. The van der Waals surface area contributed by atoms with Crippen molar-refractivity contribution >= 4 is 37.5 Å². The Labute approximate surface area is 129 Å². The maximum absolute atomic E-state index is 12.4. The van der Waals surface area contributed by atoms with E-state index < -0.39 is 15.9 Å². The van der Waals surface area contributed by atoms with Crippen molar-refractivity contribution in [3.63, 3.8) is 0 Å². The summed E-state index contributed by atoms with van der Waals surface area (Å²) >= 11 is 3.32. The third-order valence-electron chi connectivity index (χ3n) is 3.15. The number of fused-ring (bicyclic) bond motifs is 1. The highest BCUT2D eigenvalue weighted by molar-refractivity contribution is 9.10. The highest BCUT2D eigenvalue weighted by Crippen LogP contribution is 2.31. The quantitative estimate of drug-likeness (QED) is 0.816. The van der Waals surface area contributed by atoms with Crippen molar-refractivity contribution < 1.29 is 13.2 Å². The standard InChI is InChI=1S/C13H10BrN3O3S/c14-11-6-9(15)4-3-8(11)7-17-13(18)10-2-1-5-16-12(10)21(17,19)20/h1-6H,7,15H2. The molecular formula is C13H10BrN3O3S. The predicted molar refractivity (Wildman–Crippen MR) is 79.9 cm³/mol. The Morgan fingerprint density at radius 3 is 2.71 bits per heavy atom. The van der Waals surface area contributed by atoms with Gasteiger partial charge in [0.1, 0.15) is 0 Å². The maximum Gasteiger partial charge on any atom is 0.285 e. The minimum atomic E-state index is -3.90. The zero-order valence-corrected chi connectivity index (χ0v) is 13.1. The lowest BCUT2D eigenvalue weighted by molar-refractivity contribution is 0.0864. The summed E-state index contributed by atoms with van der Waals surface area (Å²) in [5.74, 6) is -0.568. The van der Waals surface area contributed by atoms with Crippen LogP contribution in [0, 0.1) is 0 Å². The van der Waals surface area contributed by atoms with Gasteiger partial charge >= 0.3 is 0 Å². The van der Waals surface area contributed by atoms with Gasteiger partial charge in [-0.1, -0.05) is 22.0 Å². The normalized spacial score (nSPS) is 16.0. The van der Waals surface area contributed by atoms with Crippen LogP contribution in [0.5, 0.6) is 0 Å². The average molecular weight is 368 g/mol. The summed E-state index contributed by atoms with van der Waals surface area (Å²) < 4.78 is 26.2. The van der Waals surface area contributed by atoms with Gasteiger partial charge in [-0.25, -0.2) is 9.29 Å². The lowest BCUT2D eigenvalue weighted by Crippen LogP contribution is -2.29. The van der Waals surface area contributed by atoms with Crippen LogP contribution in [0.4, 0.5) is 5.69 Å². The van der Waals surface area contributed by atoms with Crippen LogP contribution >= 0.6 is 15.9 Å². The minimum Gasteiger partial charge on any atom is -0.399 e. The number of nitrogen functional groups attached to an aromatic ring is 1. The lowest BCUT2D eigenvalue weighted by atomic mass is 10.2.